The summed E-state index contributed by atoms with van der Waals surface area (Å²) in [6.45, 7) is 0. The minimum atomic E-state index is -0.473. The Morgan fingerprint density at radius 2 is 1.46 bits per heavy atom. The molecule has 6 heteroatoms. The molecular formula is C22H17N5O. The molecule has 0 fully saturated rings. The summed E-state index contributed by atoms with van der Waals surface area (Å²) in [5.41, 5.74) is 5.05. The van der Waals surface area contributed by atoms with E-state index in [1.54, 1.807) is 10.9 Å². The highest BCUT2D eigenvalue weighted by Crippen LogP contribution is 2.20. The molecule has 0 saturated heterocycles. The molecule has 0 aliphatic rings. The highest BCUT2D eigenvalue weighted by Gasteiger charge is 2.18. The lowest BCUT2D eigenvalue weighted by molar-refractivity contribution is 0.0945. The van der Waals surface area contributed by atoms with Gasteiger partial charge in [0.15, 0.2) is 5.82 Å². The van der Waals surface area contributed by atoms with Crippen molar-refractivity contribution in [3.8, 4) is 17.1 Å². The molecule has 4 rings (SSSR count). The van der Waals surface area contributed by atoms with E-state index < -0.39 is 5.91 Å². The number of hydrazone groups is 1. The second-order valence-electron chi connectivity index (χ2n) is 5.98. The predicted octanol–water partition coefficient (Wildman–Crippen LogP) is 3.70. The van der Waals surface area contributed by atoms with Gasteiger partial charge in [-0.2, -0.15) is 5.10 Å². The van der Waals surface area contributed by atoms with Crippen LogP contribution in [0.2, 0.25) is 0 Å². The Morgan fingerprint density at radius 3 is 2.14 bits per heavy atom. The first-order valence-corrected chi connectivity index (χ1v) is 8.77. The monoisotopic (exact) mass is 367 g/mol. The highest BCUT2D eigenvalue weighted by atomic mass is 16.2. The Hall–Kier alpha value is -4.06. The number of nitrogens with one attached hydrogen (secondary N) is 1. The first-order chi connectivity index (χ1) is 13.8. The smallest absolute Gasteiger partial charge is 0.264 e. The van der Waals surface area contributed by atoms with E-state index in [4.69, 9.17) is 0 Å². The van der Waals surface area contributed by atoms with Crippen LogP contribution in [-0.4, -0.2) is 26.9 Å². The fraction of sp³-hybridized carbons (Fsp3) is 0. The van der Waals surface area contributed by atoms with Gasteiger partial charge in [0, 0.05) is 5.56 Å². The van der Waals surface area contributed by atoms with Crippen molar-refractivity contribution in [2.45, 2.75) is 0 Å². The van der Waals surface area contributed by atoms with E-state index in [9.17, 15) is 4.79 Å². The topological polar surface area (TPSA) is 72.2 Å². The zero-order chi connectivity index (χ0) is 19.2. The number of hydrogen-bond donors (Lipinski definition) is 1. The number of aromatic nitrogens is 3. The Bertz CT molecular complexity index is 1030. The van der Waals surface area contributed by atoms with Gasteiger partial charge in [0.25, 0.3) is 0 Å². The summed E-state index contributed by atoms with van der Waals surface area (Å²) in [5.74, 6) is 0.163. The van der Waals surface area contributed by atoms with E-state index in [2.05, 4.69) is 20.6 Å². The molecule has 0 radical (unpaired) electrons. The van der Waals surface area contributed by atoms with Crippen molar-refractivity contribution < 1.29 is 4.79 Å². The van der Waals surface area contributed by atoms with Crippen LogP contribution in [0, 0.1) is 0 Å². The first-order valence-electron chi connectivity index (χ1n) is 8.77. The summed E-state index contributed by atoms with van der Waals surface area (Å²) >= 11 is 0. The van der Waals surface area contributed by atoms with E-state index >= 15 is 0 Å². The van der Waals surface area contributed by atoms with Crippen molar-refractivity contribution in [3.63, 3.8) is 0 Å². The molecule has 0 aliphatic carbocycles. The van der Waals surface area contributed by atoms with Crippen LogP contribution in [0.15, 0.2) is 96.1 Å². The van der Waals surface area contributed by atoms with Crippen LogP contribution in [0.1, 0.15) is 16.2 Å². The molecule has 0 unspecified atom stereocenters. The van der Waals surface area contributed by atoms with E-state index in [0.29, 0.717) is 5.82 Å². The van der Waals surface area contributed by atoms with Gasteiger partial charge in [0.1, 0.15) is 0 Å². The molecule has 1 amide bonds. The molecule has 1 N–H and O–H groups in total. The molecule has 136 valence electrons. The van der Waals surface area contributed by atoms with Crippen molar-refractivity contribution in [2.75, 3.05) is 0 Å². The van der Waals surface area contributed by atoms with Gasteiger partial charge in [-0.3, -0.25) is 4.79 Å². The van der Waals surface area contributed by atoms with Crippen LogP contribution in [0.3, 0.4) is 0 Å². The van der Waals surface area contributed by atoms with Crippen LogP contribution in [0.5, 0.6) is 0 Å². The van der Waals surface area contributed by atoms with E-state index in [-0.39, 0.29) is 5.82 Å². The third kappa shape index (κ3) is 3.86. The number of hydrogen-bond acceptors (Lipinski definition) is 4. The molecule has 1 aromatic heterocycles. The molecule has 28 heavy (non-hydrogen) atoms. The average molecular weight is 367 g/mol. The lowest BCUT2D eigenvalue weighted by Gasteiger charge is -2.05. The summed E-state index contributed by atoms with van der Waals surface area (Å²) in [6, 6.07) is 28.7. The number of benzene rings is 3. The Kier molecular flexibility index (Phi) is 5.02. The summed E-state index contributed by atoms with van der Waals surface area (Å²) in [7, 11) is 0. The van der Waals surface area contributed by atoms with E-state index in [0.717, 1.165) is 16.8 Å². The summed E-state index contributed by atoms with van der Waals surface area (Å²) in [6.07, 6.45) is 1.57. The fourth-order valence-corrected chi connectivity index (χ4v) is 2.69. The summed E-state index contributed by atoms with van der Waals surface area (Å²) < 4.78 is 1.66. The van der Waals surface area contributed by atoms with Crippen molar-refractivity contribution >= 4 is 12.1 Å². The minimum Gasteiger partial charge on any atom is -0.264 e. The van der Waals surface area contributed by atoms with Gasteiger partial charge in [-0.1, -0.05) is 78.9 Å². The molecule has 1 heterocycles. The third-order valence-electron chi connectivity index (χ3n) is 4.02. The van der Waals surface area contributed by atoms with Gasteiger partial charge in [-0.05, 0) is 17.7 Å². The standard InChI is InChI=1S/C22H17N5O/c28-22(25-23-16-17-10-4-1-5-11-17)20-24-21(18-12-6-2-7-13-18)27(26-20)19-14-8-3-9-15-19/h1-16H,(H,25,28)/b23-16+. The number of nitrogens with zero attached hydrogens (tertiary/aromatic N) is 4. The van der Waals surface area contributed by atoms with Gasteiger partial charge < -0.3 is 0 Å². The molecule has 0 bridgehead atoms. The first kappa shape index (κ1) is 17.4. The van der Waals surface area contributed by atoms with Crippen molar-refractivity contribution in [1.82, 2.24) is 20.2 Å². The number of para-hydroxylation sites is 1. The van der Waals surface area contributed by atoms with E-state index in [1.165, 1.54) is 0 Å². The zero-order valence-corrected chi connectivity index (χ0v) is 14.9. The molecular weight excluding hydrogens is 350 g/mol. The van der Waals surface area contributed by atoms with Crippen LogP contribution in [0.4, 0.5) is 0 Å². The van der Waals surface area contributed by atoms with Crippen molar-refractivity contribution in [3.05, 3.63) is 102 Å². The average Bonchev–Trinajstić information content (AvgIpc) is 3.21. The number of carbonyl (C=O) groups is 1. The molecule has 3 aromatic carbocycles. The quantitative estimate of drug-likeness (QED) is 0.432. The van der Waals surface area contributed by atoms with Gasteiger partial charge in [-0.15, -0.1) is 5.10 Å². The van der Waals surface area contributed by atoms with Gasteiger partial charge in [0.2, 0.25) is 5.82 Å². The number of rotatable bonds is 5. The lowest BCUT2D eigenvalue weighted by Crippen LogP contribution is -2.19. The number of amides is 1. The third-order valence-corrected chi connectivity index (χ3v) is 4.02. The van der Waals surface area contributed by atoms with E-state index in [1.807, 2.05) is 91.0 Å². The molecule has 0 aliphatic heterocycles. The number of carbonyl (C=O) groups excluding carboxylic acids is 1. The fourth-order valence-electron chi connectivity index (χ4n) is 2.69. The Morgan fingerprint density at radius 1 is 0.857 bits per heavy atom. The summed E-state index contributed by atoms with van der Waals surface area (Å²) in [5, 5.41) is 8.39. The Balaban J connectivity index is 1.63. The summed E-state index contributed by atoms with van der Waals surface area (Å²) in [4.78, 5) is 16.9. The normalized spacial score (nSPS) is 10.9. The van der Waals surface area contributed by atoms with Gasteiger partial charge in [-0.25, -0.2) is 15.1 Å². The predicted molar refractivity (Wildman–Crippen MR) is 108 cm³/mol. The maximum absolute atomic E-state index is 12.5. The molecule has 0 saturated carbocycles. The second-order valence-corrected chi connectivity index (χ2v) is 5.98. The largest absolute Gasteiger partial charge is 0.311 e. The SMILES string of the molecule is O=C(N/N=C/c1ccccc1)c1nc(-c2ccccc2)n(-c2ccccc2)n1. The molecule has 0 spiro atoms. The van der Waals surface area contributed by atoms with Crippen LogP contribution >= 0.6 is 0 Å². The second kappa shape index (κ2) is 8.09. The van der Waals surface area contributed by atoms with Crippen LogP contribution in [0.25, 0.3) is 17.1 Å². The minimum absolute atomic E-state index is 0.0490. The maximum Gasteiger partial charge on any atom is 0.311 e. The van der Waals surface area contributed by atoms with Gasteiger partial charge >= 0.3 is 5.91 Å². The molecule has 6 nitrogen and oxygen atoms in total. The van der Waals surface area contributed by atoms with Crippen LogP contribution in [-0.2, 0) is 0 Å². The highest BCUT2D eigenvalue weighted by molar-refractivity contribution is 5.92. The molecule has 0 atom stereocenters. The lowest BCUT2D eigenvalue weighted by atomic mass is 10.2. The molecule has 4 aromatic rings. The van der Waals surface area contributed by atoms with Crippen LogP contribution < -0.4 is 5.43 Å². The van der Waals surface area contributed by atoms with Crippen molar-refractivity contribution in [1.29, 1.82) is 0 Å². The zero-order valence-electron chi connectivity index (χ0n) is 14.9. The Labute approximate surface area is 162 Å². The van der Waals surface area contributed by atoms with Crippen molar-refractivity contribution in [2.24, 2.45) is 5.10 Å². The van der Waals surface area contributed by atoms with Gasteiger partial charge in [0.05, 0.1) is 11.9 Å². The maximum atomic E-state index is 12.5.